The molecular weight excluding hydrogens is 304 g/mol. The fourth-order valence-corrected chi connectivity index (χ4v) is 3.18. The van der Waals surface area contributed by atoms with Gasteiger partial charge in [0.05, 0.1) is 10.6 Å². The first-order valence-corrected chi connectivity index (χ1v) is 8.05. The number of hydrogen-bond acceptors (Lipinski definition) is 4. The van der Waals surface area contributed by atoms with E-state index in [1.807, 2.05) is 59.4 Å². The summed E-state index contributed by atoms with van der Waals surface area (Å²) in [5, 5.41) is 5.35. The van der Waals surface area contributed by atoms with Crippen molar-refractivity contribution < 1.29 is 0 Å². The average Bonchev–Trinajstić information content (AvgIpc) is 3.23. The van der Waals surface area contributed by atoms with Crippen molar-refractivity contribution in [3.63, 3.8) is 0 Å². The van der Waals surface area contributed by atoms with Crippen LogP contribution < -0.4 is 5.73 Å². The standard InChI is InChI=1S/C18H14N4S/c19-18-20-11-16(23-18)15-12-22(14-9-5-2-6-10-14)21-17(15)13-7-3-1-4-8-13/h1-12H,(H2,19,20). The summed E-state index contributed by atoms with van der Waals surface area (Å²) in [7, 11) is 0. The molecule has 0 spiro atoms. The molecule has 4 rings (SSSR count). The molecule has 0 amide bonds. The van der Waals surface area contributed by atoms with Crippen LogP contribution >= 0.6 is 11.3 Å². The lowest BCUT2D eigenvalue weighted by Crippen LogP contribution is -1.93. The molecule has 2 N–H and O–H groups in total. The van der Waals surface area contributed by atoms with E-state index in [1.54, 1.807) is 6.20 Å². The van der Waals surface area contributed by atoms with Crippen molar-refractivity contribution in [2.45, 2.75) is 0 Å². The van der Waals surface area contributed by atoms with Gasteiger partial charge >= 0.3 is 0 Å². The van der Waals surface area contributed by atoms with E-state index < -0.39 is 0 Å². The predicted molar refractivity (Wildman–Crippen MR) is 94.5 cm³/mol. The highest BCUT2D eigenvalue weighted by Crippen LogP contribution is 2.35. The Labute approximate surface area is 137 Å². The highest BCUT2D eigenvalue weighted by atomic mass is 32.1. The van der Waals surface area contributed by atoms with Gasteiger partial charge in [0.15, 0.2) is 5.13 Å². The summed E-state index contributed by atoms with van der Waals surface area (Å²) in [6, 6.07) is 20.2. The van der Waals surface area contributed by atoms with Crippen LogP contribution in [0.5, 0.6) is 0 Å². The van der Waals surface area contributed by atoms with Gasteiger partial charge in [0, 0.05) is 23.5 Å². The number of rotatable bonds is 3. The third-order valence-electron chi connectivity index (χ3n) is 3.57. The maximum absolute atomic E-state index is 5.80. The lowest BCUT2D eigenvalue weighted by atomic mass is 10.1. The normalized spacial score (nSPS) is 10.8. The molecule has 0 bridgehead atoms. The van der Waals surface area contributed by atoms with Crippen molar-refractivity contribution in [1.29, 1.82) is 0 Å². The van der Waals surface area contributed by atoms with Crippen molar-refractivity contribution in [2.24, 2.45) is 0 Å². The maximum Gasteiger partial charge on any atom is 0.180 e. The summed E-state index contributed by atoms with van der Waals surface area (Å²) in [5.74, 6) is 0. The summed E-state index contributed by atoms with van der Waals surface area (Å²) < 4.78 is 1.90. The number of anilines is 1. The number of hydrogen-bond donors (Lipinski definition) is 1. The maximum atomic E-state index is 5.80. The molecule has 0 aliphatic carbocycles. The molecule has 0 radical (unpaired) electrons. The van der Waals surface area contributed by atoms with Crippen molar-refractivity contribution in [2.75, 3.05) is 5.73 Å². The Morgan fingerprint density at radius 3 is 2.26 bits per heavy atom. The zero-order chi connectivity index (χ0) is 15.6. The van der Waals surface area contributed by atoms with E-state index in [0.29, 0.717) is 5.13 Å². The van der Waals surface area contributed by atoms with Gasteiger partial charge in [-0.3, -0.25) is 0 Å². The van der Waals surface area contributed by atoms with Crippen molar-refractivity contribution >= 4 is 16.5 Å². The number of nitrogens with zero attached hydrogens (tertiary/aromatic N) is 3. The first kappa shape index (κ1) is 13.7. The van der Waals surface area contributed by atoms with Gasteiger partial charge < -0.3 is 5.73 Å². The van der Waals surface area contributed by atoms with Crippen LogP contribution in [0.4, 0.5) is 5.13 Å². The molecule has 2 aromatic carbocycles. The molecule has 23 heavy (non-hydrogen) atoms. The van der Waals surface area contributed by atoms with Gasteiger partial charge in [0.2, 0.25) is 0 Å². The van der Waals surface area contributed by atoms with Crippen LogP contribution in [0.25, 0.3) is 27.4 Å². The lowest BCUT2D eigenvalue weighted by molar-refractivity contribution is 0.884. The van der Waals surface area contributed by atoms with E-state index in [1.165, 1.54) is 11.3 Å². The summed E-state index contributed by atoms with van der Waals surface area (Å²) in [5.41, 5.74) is 9.86. The van der Waals surface area contributed by atoms with E-state index in [4.69, 9.17) is 10.8 Å². The Hall–Kier alpha value is -2.92. The predicted octanol–water partition coefficient (Wildman–Crippen LogP) is 4.25. The van der Waals surface area contributed by atoms with Crippen LogP contribution in [-0.4, -0.2) is 14.8 Å². The van der Waals surface area contributed by atoms with Gasteiger partial charge in [-0.25, -0.2) is 9.67 Å². The minimum Gasteiger partial charge on any atom is -0.375 e. The first-order chi connectivity index (χ1) is 11.3. The lowest BCUT2D eigenvalue weighted by Gasteiger charge is -2.00. The minimum absolute atomic E-state index is 0.562. The van der Waals surface area contributed by atoms with Crippen LogP contribution in [0.15, 0.2) is 73.1 Å². The average molecular weight is 318 g/mol. The van der Waals surface area contributed by atoms with Gasteiger partial charge in [-0.05, 0) is 12.1 Å². The van der Waals surface area contributed by atoms with Gasteiger partial charge in [-0.15, -0.1) is 0 Å². The van der Waals surface area contributed by atoms with Gasteiger partial charge in [-0.2, -0.15) is 5.10 Å². The Morgan fingerprint density at radius 2 is 1.61 bits per heavy atom. The van der Waals surface area contributed by atoms with Gasteiger partial charge in [0.1, 0.15) is 5.69 Å². The first-order valence-electron chi connectivity index (χ1n) is 7.23. The van der Waals surface area contributed by atoms with E-state index in [2.05, 4.69) is 17.1 Å². The Bertz CT molecular complexity index is 926. The molecule has 112 valence electrons. The SMILES string of the molecule is Nc1ncc(-c2cn(-c3ccccc3)nc2-c2ccccc2)s1. The fraction of sp³-hybridized carbons (Fsp3) is 0. The highest BCUT2D eigenvalue weighted by molar-refractivity contribution is 7.18. The molecular formula is C18H14N4S. The zero-order valence-corrected chi connectivity index (χ0v) is 13.1. The molecule has 4 nitrogen and oxygen atoms in total. The Kier molecular flexibility index (Phi) is 3.40. The van der Waals surface area contributed by atoms with Gasteiger partial charge in [-0.1, -0.05) is 59.9 Å². The van der Waals surface area contributed by atoms with Crippen LogP contribution in [0.2, 0.25) is 0 Å². The number of aromatic nitrogens is 3. The number of nitrogen functional groups attached to an aromatic ring is 1. The molecule has 0 aliphatic heterocycles. The van der Waals surface area contributed by atoms with Crippen LogP contribution in [-0.2, 0) is 0 Å². The second-order valence-electron chi connectivity index (χ2n) is 5.10. The Balaban J connectivity index is 1.91. The zero-order valence-electron chi connectivity index (χ0n) is 12.3. The monoisotopic (exact) mass is 318 g/mol. The smallest absolute Gasteiger partial charge is 0.180 e. The van der Waals surface area contributed by atoms with Crippen LogP contribution in [0.3, 0.4) is 0 Å². The second kappa shape index (κ2) is 5.70. The summed E-state index contributed by atoms with van der Waals surface area (Å²) >= 11 is 1.47. The highest BCUT2D eigenvalue weighted by Gasteiger charge is 2.15. The van der Waals surface area contributed by atoms with Crippen molar-refractivity contribution in [3.8, 4) is 27.4 Å². The van der Waals surface area contributed by atoms with Crippen molar-refractivity contribution in [3.05, 3.63) is 73.1 Å². The fourth-order valence-electron chi connectivity index (χ4n) is 2.49. The second-order valence-corrected chi connectivity index (χ2v) is 6.16. The van der Waals surface area contributed by atoms with Crippen LogP contribution in [0, 0.1) is 0 Å². The minimum atomic E-state index is 0.562. The number of nitrogens with two attached hydrogens (primary N) is 1. The number of thiazole rings is 1. The molecule has 0 atom stereocenters. The quantitative estimate of drug-likeness (QED) is 0.614. The van der Waals surface area contributed by atoms with Crippen molar-refractivity contribution in [1.82, 2.24) is 14.8 Å². The molecule has 0 unspecified atom stereocenters. The topological polar surface area (TPSA) is 56.7 Å². The molecule has 0 saturated carbocycles. The molecule has 5 heteroatoms. The molecule has 0 aliphatic rings. The number of benzene rings is 2. The van der Waals surface area contributed by atoms with Crippen LogP contribution in [0.1, 0.15) is 0 Å². The molecule has 4 aromatic rings. The Morgan fingerprint density at radius 1 is 0.913 bits per heavy atom. The summed E-state index contributed by atoms with van der Waals surface area (Å²) in [6.45, 7) is 0. The third-order valence-corrected chi connectivity index (χ3v) is 4.43. The van der Waals surface area contributed by atoms with E-state index in [0.717, 1.165) is 27.4 Å². The molecule has 2 heterocycles. The largest absolute Gasteiger partial charge is 0.375 e. The number of para-hydroxylation sites is 1. The molecule has 0 fully saturated rings. The van der Waals surface area contributed by atoms with E-state index in [-0.39, 0.29) is 0 Å². The summed E-state index contributed by atoms with van der Waals surface area (Å²) in [4.78, 5) is 5.19. The van der Waals surface area contributed by atoms with Gasteiger partial charge in [0.25, 0.3) is 0 Å². The van der Waals surface area contributed by atoms with E-state index in [9.17, 15) is 0 Å². The summed E-state index contributed by atoms with van der Waals surface area (Å²) in [6.07, 6.45) is 3.84. The van der Waals surface area contributed by atoms with E-state index >= 15 is 0 Å². The molecule has 2 aromatic heterocycles. The molecule has 0 saturated heterocycles. The third kappa shape index (κ3) is 2.62.